The Balaban J connectivity index is 1.57. The quantitative estimate of drug-likeness (QED) is 0.588. The Hall–Kier alpha value is -2.27. The van der Waals surface area contributed by atoms with E-state index in [2.05, 4.69) is 0 Å². The number of hydrogen-bond acceptors (Lipinski definition) is 4. The molecule has 1 saturated carbocycles. The molecule has 33 heavy (non-hydrogen) atoms. The van der Waals surface area contributed by atoms with E-state index in [-0.39, 0.29) is 28.7 Å². The van der Waals surface area contributed by atoms with Gasteiger partial charge in [-0.2, -0.15) is 18.4 Å². The molecule has 3 fully saturated rings. The van der Waals surface area contributed by atoms with Crippen molar-refractivity contribution in [2.24, 2.45) is 23.2 Å². The minimum atomic E-state index is -4.58. The molecule has 2 aliphatic heterocycles. The standard InChI is InChI=1S/C25H32F3N3O2/c1-17(2)9-23(32)30-8-7-20-12-31(15-24(20,14-30)16-33-13-18-3-4-18)21-6-5-19(11-29)22(10-21)25(26,27)28/h5-6,10,17-18,20H,3-4,7-9,12-16H2,1-2H3/t20-,24+/m0/s1. The zero-order chi connectivity index (χ0) is 23.8. The molecule has 0 radical (unpaired) electrons. The second-order valence-corrected chi connectivity index (χ2v) is 10.4. The number of hydrogen-bond donors (Lipinski definition) is 0. The average Bonchev–Trinajstić information content (AvgIpc) is 3.49. The van der Waals surface area contributed by atoms with E-state index in [0.717, 1.165) is 12.5 Å². The maximum atomic E-state index is 13.5. The summed E-state index contributed by atoms with van der Waals surface area (Å²) in [6, 6.07) is 5.61. The maximum Gasteiger partial charge on any atom is 0.417 e. The normalized spacial score (nSPS) is 25.3. The van der Waals surface area contributed by atoms with Gasteiger partial charge in [0, 0.05) is 50.3 Å². The van der Waals surface area contributed by atoms with E-state index < -0.39 is 11.7 Å². The van der Waals surface area contributed by atoms with Crippen LogP contribution in [0.2, 0.25) is 0 Å². The van der Waals surface area contributed by atoms with Crippen molar-refractivity contribution in [1.82, 2.24) is 4.90 Å². The molecule has 3 aliphatic rings. The molecule has 2 atom stereocenters. The second-order valence-electron chi connectivity index (χ2n) is 10.4. The van der Waals surface area contributed by atoms with Crippen molar-refractivity contribution in [1.29, 1.82) is 5.26 Å². The van der Waals surface area contributed by atoms with Crippen LogP contribution in [-0.2, 0) is 15.7 Å². The SMILES string of the molecule is CC(C)CC(=O)N1CC[C@H]2CN(c3ccc(C#N)c(C(F)(F)F)c3)C[C@@]2(COCC2CC2)C1. The second kappa shape index (κ2) is 9.17. The lowest BCUT2D eigenvalue weighted by Gasteiger charge is -2.44. The first kappa shape index (κ1) is 23.9. The predicted octanol–water partition coefficient (Wildman–Crippen LogP) is 4.70. The van der Waals surface area contributed by atoms with Gasteiger partial charge < -0.3 is 14.5 Å². The van der Waals surface area contributed by atoms with Crippen molar-refractivity contribution in [3.05, 3.63) is 29.3 Å². The Labute approximate surface area is 193 Å². The third-order valence-corrected chi connectivity index (χ3v) is 7.24. The largest absolute Gasteiger partial charge is 0.417 e. The summed E-state index contributed by atoms with van der Waals surface area (Å²) in [5, 5.41) is 9.12. The topological polar surface area (TPSA) is 56.6 Å². The summed E-state index contributed by atoms with van der Waals surface area (Å²) in [5.41, 5.74) is -1.09. The molecule has 180 valence electrons. The molecule has 0 unspecified atom stereocenters. The number of carbonyl (C=O) groups excluding carboxylic acids is 1. The van der Waals surface area contributed by atoms with Crippen LogP contribution in [-0.4, -0.2) is 50.2 Å². The first-order chi connectivity index (χ1) is 15.6. The fraction of sp³-hybridized carbons (Fsp3) is 0.680. The van der Waals surface area contributed by atoms with Gasteiger partial charge in [0.15, 0.2) is 0 Å². The summed E-state index contributed by atoms with van der Waals surface area (Å²) in [5.74, 6) is 1.27. The van der Waals surface area contributed by atoms with Crippen LogP contribution in [0.1, 0.15) is 50.7 Å². The van der Waals surface area contributed by atoms with Crippen molar-refractivity contribution in [2.75, 3.05) is 44.3 Å². The number of benzene rings is 1. The summed E-state index contributed by atoms with van der Waals surface area (Å²) in [6.45, 7) is 7.70. The molecule has 0 aromatic heterocycles. The summed E-state index contributed by atoms with van der Waals surface area (Å²) in [6.07, 6.45) is -0.897. The number of ether oxygens (including phenoxy) is 1. The van der Waals surface area contributed by atoms with Crippen molar-refractivity contribution >= 4 is 11.6 Å². The van der Waals surface area contributed by atoms with Crippen LogP contribution in [0.25, 0.3) is 0 Å². The molecule has 1 aliphatic carbocycles. The lowest BCUT2D eigenvalue weighted by molar-refractivity contribution is -0.138. The molecule has 1 amide bonds. The molecular weight excluding hydrogens is 431 g/mol. The molecule has 0 N–H and O–H groups in total. The molecule has 8 heteroatoms. The van der Waals surface area contributed by atoms with Gasteiger partial charge in [-0.3, -0.25) is 4.79 Å². The van der Waals surface area contributed by atoms with Crippen molar-refractivity contribution in [3.63, 3.8) is 0 Å². The van der Waals surface area contributed by atoms with Gasteiger partial charge in [0.05, 0.1) is 23.8 Å². The van der Waals surface area contributed by atoms with Crippen molar-refractivity contribution < 1.29 is 22.7 Å². The third-order valence-electron chi connectivity index (χ3n) is 7.24. The lowest BCUT2D eigenvalue weighted by Crippen LogP contribution is -2.53. The van der Waals surface area contributed by atoms with E-state index in [1.807, 2.05) is 23.6 Å². The Bertz CT molecular complexity index is 922. The molecule has 1 aromatic rings. The zero-order valence-electron chi connectivity index (χ0n) is 19.3. The van der Waals surface area contributed by atoms with Crippen LogP contribution in [0.3, 0.4) is 0 Å². The highest BCUT2D eigenvalue weighted by Crippen LogP contribution is 2.45. The molecule has 5 nitrogen and oxygen atoms in total. The van der Waals surface area contributed by atoms with E-state index in [1.54, 1.807) is 12.1 Å². The van der Waals surface area contributed by atoms with Gasteiger partial charge in [-0.25, -0.2) is 0 Å². The fourth-order valence-electron chi connectivity index (χ4n) is 5.25. The zero-order valence-corrected chi connectivity index (χ0v) is 19.3. The van der Waals surface area contributed by atoms with Crippen molar-refractivity contribution in [2.45, 2.75) is 45.7 Å². The monoisotopic (exact) mass is 463 g/mol. The summed E-state index contributed by atoms with van der Waals surface area (Å²) < 4.78 is 46.7. The van der Waals surface area contributed by atoms with Gasteiger partial charge in [-0.05, 0) is 55.2 Å². The van der Waals surface area contributed by atoms with Crippen LogP contribution in [0.4, 0.5) is 18.9 Å². The van der Waals surface area contributed by atoms with Crippen LogP contribution >= 0.6 is 0 Å². The van der Waals surface area contributed by atoms with E-state index in [4.69, 9.17) is 10.00 Å². The van der Waals surface area contributed by atoms with Gasteiger partial charge in [-0.1, -0.05) is 13.8 Å². The van der Waals surface area contributed by atoms with Gasteiger partial charge in [0.1, 0.15) is 0 Å². The average molecular weight is 464 g/mol. The highest BCUT2D eigenvalue weighted by molar-refractivity contribution is 5.76. The molecule has 2 heterocycles. The van der Waals surface area contributed by atoms with Gasteiger partial charge in [-0.15, -0.1) is 0 Å². The minimum absolute atomic E-state index is 0.140. The van der Waals surface area contributed by atoms with Gasteiger partial charge in [0.25, 0.3) is 0 Å². The van der Waals surface area contributed by atoms with E-state index in [9.17, 15) is 18.0 Å². The van der Waals surface area contributed by atoms with Crippen molar-refractivity contribution in [3.8, 4) is 6.07 Å². The molecule has 0 spiro atoms. The molecule has 1 aromatic carbocycles. The van der Waals surface area contributed by atoms with E-state index in [1.165, 1.54) is 18.9 Å². The molecule has 0 bridgehead atoms. The van der Waals surface area contributed by atoms with Crippen LogP contribution < -0.4 is 4.90 Å². The summed E-state index contributed by atoms with van der Waals surface area (Å²) in [7, 11) is 0. The van der Waals surface area contributed by atoms with Crippen LogP contribution in [0, 0.1) is 34.5 Å². The lowest BCUT2D eigenvalue weighted by atomic mass is 9.73. The number of amides is 1. The Morgan fingerprint density at radius 2 is 2.03 bits per heavy atom. The number of nitrogens with zero attached hydrogens (tertiary/aromatic N) is 3. The van der Waals surface area contributed by atoms with E-state index in [0.29, 0.717) is 57.4 Å². The fourth-order valence-corrected chi connectivity index (χ4v) is 5.25. The molecule has 2 saturated heterocycles. The number of halogens is 3. The number of nitriles is 1. The highest BCUT2D eigenvalue weighted by Gasteiger charge is 2.51. The van der Waals surface area contributed by atoms with Crippen LogP contribution in [0.5, 0.6) is 0 Å². The third kappa shape index (κ3) is 5.29. The highest BCUT2D eigenvalue weighted by atomic mass is 19.4. The minimum Gasteiger partial charge on any atom is -0.380 e. The maximum absolute atomic E-state index is 13.5. The number of rotatable bonds is 7. The number of piperidine rings is 1. The molecular formula is C25H32F3N3O2. The van der Waals surface area contributed by atoms with E-state index >= 15 is 0 Å². The number of alkyl halides is 3. The van der Waals surface area contributed by atoms with Gasteiger partial charge in [0.2, 0.25) is 5.91 Å². The van der Waals surface area contributed by atoms with Crippen LogP contribution in [0.15, 0.2) is 18.2 Å². The summed E-state index contributed by atoms with van der Waals surface area (Å²) in [4.78, 5) is 16.7. The Morgan fingerprint density at radius 3 is 2.67 bits per heavy atom. The summed E-state index contributed by atoms with van der Waals surface area (Å²) >= 11 is 0. The number of likely N-dealkylation sites (tertiary alicyclic amines) is 1. The molecule has 4 rings (SSSR count). The Morgan fingerprint density at radius 1 is 1.27 bits per heavy atom. The number of carbonyl (C=O) groups is 1. The predicted molar refractivity (Wildman–Crippen MR) is 118 cm³/mol. The first-order valence-corrected chi connectivity index (χ1v) is 11.8. The smallest absolute Gasteiger partial charge is 0.380 e. The number of anilines is 1. The van der Waals surface area contributed by atoms with Gasteiger partial charge >= 0.3 is 6.18 Å². The number of fused-ring (bicyclic) bond motifs is 1. The Kier molecular flexibility index (Phi) is 6.63. The first-order valence-electron chi connectivity index (χ1n) is 11.8.